The normalized spacial score (nSPS) is 12.1. The standard InChI is InChI=1S/C16H19NOS2/c1-12-6-3-4-7-14(12)11-20-13(2)16(18)17-10-15-8-5-9-19-15/h3-9,13H,10-11H2,1-2H3,(H,17,18). The molecule has 20 heavy (non-hydrogen) atoms. The van der Waals surface area contributed by atoms with E-state index >= 15 is 0 Å². The van der Waals surface area contributed by atoms with Crippen molar-refractivity contribution in [2.45, 2.75) is 31.4 Å². The Morgan fingerprint density at radius 3 is 2.80 bits per heavy atom. The van der Waals surface area contributed by atoms with Gasteiger partial charge in [-0.05, 0) is 36.4 Å². The fourth-order valence-electron chi connectivity index (χ4n) is 1.79. The van der Waals surface area contributed by atoms with Crippen molar-refractivity contribution in [3.05, 3.63) is 57.8 Å². The predicted molar refractivity (Wildman–Crippen MR) is 88.1 cm³/mol. The molecule has 1 N–H and O–H groups in total. The molecule has 106 valence electrons. The zero-order valence-electron chi connectivity index (χ0n) is 11.8. The number of hydrogen-bond donors (Lipinski definition) is 1. The minimum absolute atomic E-state index is 0.0328. The molecule has 1 aromatic heterocycles. The van der Waals surface area contributed by atoms with Crippen LogP contribution in [0, 0.1) is 6.92 Å². The molecule has 0 bridgehead atoms. The number of thiophene rings is 1. The van der Waals surface area contributed by atoms with E-state index in [-0.39, 0.29) is 11.2 Å². The first kappa shape index (κ1) is 15.1. The number of nitrogens with one attached hydrogen (secondary N) is 1. The number of amides is 1. The molecule has 0 saturated carbocycles. The summed E-state index contributed by atoms with van der Waals surface area (Å²) in [4.78, 5) is 13.2. The molecule has 2 nitrogen and oxygen atoms in total. The molecule has 2 rings (SSSR count). The zero-order chi connectivity index (χ0) is 14.4. The van der Waals surface area contributed by atoms with Gasteiger partial charge in [-0.3, -0.25) is 4.79 Å². The predicted octanol–water partition coefficient (Wildman–Crippen LogP) is 3.99. The summed E-state index contributed by atoms with van der Waals surface area (Å²) in [6.45, 7) is 4.70. The average Bonchev–Trinajstić information content (AvgIpc) is 2.97. The quantitative estimate of drug-likeness (QED) is 0.874. The lowest BCUT2D eigenvalue weighted by Crippen LogP contribution is -2.30. The molecule has 1 heterocycles. The van der Waals surface area contributed by atoms with Gasteiger partial charge in [0.05, 0.1) is 11.8 Å². The molecule has 0 saturated heterocycles. The molecule has 0 spiro atoms. The maximum absolute atomic E-state index is 12.0. The second-order valence-electron chi connectivity index (χ2n) is 4.68. The van der Waals surface area contributed by atoms with Crippen molar-refractivity contribution in [3.63, 3.8) is 0 Å². The third-order valence-corrected chi connectivity index (χ3v) is 5.20. The van der Waals surface area contributed by atoms with Crippen LogP contribution in [0.4, 0.5) is 0 Å². The van der Waals surface area contributed by atoms with E-state index in [4.69, 9.17) is 0 Å². The van der Waals surface area contributed by atoms with Crippen molar-refractivity contribution in [3.8, 4) is 0 Å². The average molecular weight is 305 g/mol. The van der Waals surface area contributed by atoms with Gasteiger partial charge in [0.2, 0.25) is 5.91 Å². The molecular formula is C16H19NOS2. The summed E-state index contributed by atoms with van der Waals surface area (Å²) < 4.78 is 0. The summed E-state index contributed by atoms with van der Waals surface area (Å²) in [5.74, 6) is 0.984. The van der Waals surface area contributed by atoms with E-state index < -0.39 is 0 Å². The van der Waals surface area contributed by atoms with E-state index in [2.05, 4.69) is 24.4 Å². The monoisotopic (exact) mass is 305 g/mol. The van der Waals surface area contributed by atoms with Crippen LogP contribution in [-0.4, -0.2) is 11.2 Å². The van der Waals surface area contributed by atoms with Crippen LogP contribution in [0.1, 0.15) is 22.9 Å². The first-order valence-electron chi connectivity index (χ1n) is 6.63. The van der Waals surface area contributed by atoms with Crippen molar-refractivity contribution in [1.29, 1.82) is 0 Å². The van der Waals surface area contributed by atoms with E-state index in [0.717, 1.165) is 5.75 Å². The molecule has 2 aromatic rings. The SMILES string of the molecule is Cc1ccccc1CSC(C)C(=O)NCc1cccs1. The lowest BCUT2D eigenvalue weighted by molar-refractivity contribution is -0.120. The highest BCUT2D eigenvalue weighted by molar-refractivity contribution is 7.99. The van der Waals surface area contributed by atoms with Crippen LogP contribution >= 0.6 is 23.1 Å². The fraction of sp³-hybridized carbons (Fsp3) is 0.312. The first-order valence-corrected chi connectivity index (χ1v) is 8.56. The Kier molecular flexibility index (Phi) is 5.68. The minimum atomic E-state index is -0.0328. The van der Waals surface area contributed by atoms with Crippen molar-refractivity contribution in [2.75, 3.05) is 0 Å². The number of aryl methyl sites for hydroxylation is 1. The minimum Gasteiger partial charge on any atom is -0.350 e. The topological polar surface area (TPSA) is 29.1 Å². The molecule has 0 aliphatic heterocycles. The van der Waals surface area contributed by atoms with Crippen LogP contribution in [0.25, 0.3) is 0 Å². The molecule has 0 fully saturated rings. The second kappa shape index (κ2) is 7.50. The van der Waals surface area contributed by atoms with Crippen LogP contribution in [-0.2, 0) is 17.1 Å². The van der Waals surface area contributed by atoms with E-state index in [9.17, 15) is 4.79 Å². The highest BCUT2D eigenvalue weighted by atomic mass is 32.2. The maximum atomic E-state index is 12.0. The van der Waals surface area contributed by atoms with Crippen LogP contribution in [0.15, 0.2) is 41.8 Å². The summed E-state index contributed by atoms with van der Waals surface area (Å²) in [5, 5.41) is 4.98. The van der Waals surface area contributed by atoms with Crippen LogP contribution < -0.4 is 5.32 Å². The molecule has 4 heteroatoms. The number of rotatable bonds is 6. The second-order valence-corrected chi connectivity index (χ2v) is 7.04. The lowest BCUT2D eigenvalue weighted by Gasteiger charge is -2.12. The lowest BCUT2D eigenvalue weighted by atomic mass is 10.1. The Bertz CT molecular complexity index is 551. The van der Waals surface area contributed by atoms with Crippen molar-refractivity contribution < 1.29 is 4.79 Å². The number of benzene rings is 1. The Hall–Kier alpha value is -1.26. The molecule has 1 aromatic carbocycles. The third kappa shape index (κ3) is 4.39. The first-order chi connectivity index (χ1) is 9.66. The summed E-state index contributed by atoms with van der Waals surface area (Å²) in [6.07, 6.45) is 0. The number of carbonyl (C=O) groups excluding carboxylic acids is 1. The highest BCUT2D eigenvalue weighted by Crippen LogP contribution is 2.20. The number of carbonyl (C=O) groups is 1. The number of hydrogen-bond acceptors (Lipinski definition) is 3. The molecule has 0 aliphatic carbocycles. The van der Waals surface area contributed by atoms with Gasteiger partial charge in [0.1, 0.15) is 0 Å². The molecule has 0 radical (unpaired) electrons. The van der Waals surface area contributed by atoms with Gasteiger partial charge < -0.3 is 5.32 Å². The Morgan fingerprint density at radius 2 is 2.10 bits per heavy atom. The van der Waals surface area contributed by atoms with E-state index in [0.29, 0.717) is 6.54 Å². The van der Waals surface area contributed by atoms with Crippen molar-refractivity contribution in [1.82, 2.24) is 5.32 Å². The summed E-state index contributed by atoms with van der Waals surface area (Å²) in [5.41, 5.74) is 2.58. The van der Waals surface area contributed by atoms with Gasteiger partial charge in [-0.25, -0.2) is 0 Å². The van der Waals surface area contributed by atoms with E-state index in [1.807, 2.05) is 36.6 Å². The molecule has 1 amide bonds. The van der Waals surface area contributed by atoms with Gasteiger partial charge in [0, 0.05) is 10.6 Å². The van der Waals surface area contributed by atoms with Crippen molar-refractivity contribution in [2.24, 2.45) is 0 Å². The molecule has 1 atom stereocenters. The molecular weight excluding hydrogens is 286 g/mol. The van der Waals surface area contributed by atoms with Gasteiger partial charge in [-0.1, -0.05) is 30.3 Å². The van der Waals surface area contributed by atoms with Gasteiger partial charge in [0.15, 0.2) is 0 Å². The van der Waals surface area contributed by atoms with Gasteiger partial charge in [0.25, 0.3) is 0 Å². The van der Waals surface area contributed by atoms with E-state index in [1.165, 1.54) is 16.0 Å². The Labute approximate surface area is 128 Å². The summed E-state index contributed by atoms with van der Waals surface area (Å²) in [6, 6.07) is 12.4. The largest absolute Gasteiger partial charge is 0.350 e. The zero-order valence-corrected chi connectivity index (χ0v) is 13.4. The van der Waals surface area contributed by atoms with Crippen LogP contribution in [0.5, 0.6) is 0 Å². The third-order valence-electron chi connectivity index (χ3n) is 3.14. The van der Waals surface area contributed by atoms with Gasteiger partial charge >= 0.3 is 0 Å². The van der Waals surface area contributed by atoms with Crippen LogP contribution in [0.2, 0.25) is 0 Å². The molecule has 1 unspecified atom stereocenters. The van der Waals surface area contributed by atoms with Gasteiger partial charge in [-0.2, -0.15) is 0 Å². The van der Waals surface area contributed by atoms with Crippen LogP contribution in [0.3, 0.4) is 0 Å². The Balaban J connectivity index is 1.78. The fourth-order valence-corrected chi connectivity index (χ4v) is 3.43. The van der Waals surface area contributed by atoms with Gasteiger partial charge in [-0.15, -0.1) is 23.1 Å². The maximum Gasteiger partial charge on any atom is 0.233 e. The summed E-state index contributed by atoms with van der Waals surface area (Å²) >= 11 is 3.35. The summed E-state index contributed by atoms with van der Waals surface area (Å²) in [7, 11) is 0. The highest BCUT2D eigenvalue weighted by Gasteiger charge is 2.13. The van der Waals surface area contributed by atoms with Crippen molar-refractivity contribution >= 4 is 29.0 Å². The Morgan fingerprint density at radius 1 is 1.30 bits per heavy atom. The smallest absolute Gasteiger partial charge is 0.233 e. The number of thioether (sulfide) groups is 1. The molecule has 0 aliphatic rings. The van der Waals surface area contributed by atoms with E-state index in [1.54, 1.807) is 23.1 Å².